The summed E-state index contributed by atoms with van der Waals surface area (Å²) in [6.45, 7) is 14.3. The van der Waals surface area contributed by atoms with E-state index in [1.54, 1.807) is 39.9 Å². The van der Waals surface area contributed by atoms with E-state index >= 15 is 4.39 Å². The Bertz CT molecular complexity index is 1630. The maximum atomic E-state index is 15.4. The van der Waals surface area contributed by atoms with Crippen LogP contribution in [0, 0.1) is 17.8 Å². The zero-order valence-electron chi connectivity index (χ0n) is 22.6. The summed E-state index contributed by atoms with van der Waals surface area (Å²) in [6.07, 6.45) is 4.59. The lowest BCUT2D eigenvalue weighted by Gasteiger charge is -2.25. The second-order valence-corrected chi connectivity index (χ2v) is 10.8. The monoisotopic (exact) mass is 539 g/mol. The zero-order valence-corrected chi connectivity index (χ0v) is 22.6. The van der Waals surface area contributed by atoms with Crippen LogP contribution in [0.3, 0.4) is 0 Å². The van der Waals surface area contributed by atoms with Gasteiger partial charge >= 0.3 is 0 Å². The molecule has 0 radical (unpaired) electrons. The number of aromatic nitrogens is 4. The highest BCUT2D eigenvalue weighted by Gasteiger charge is 2.33. The van der Waals surface area contributed by atoms with E-state index in [4.69, 9.17) is 22.1 Å². The van der Waals surface area contributed by atoms with Crippen molar-refractivity contribution in [3.8, 4) is 22.8 Å². The summed E-state index contributed by atoms with van der Waals surface area (Å²) < 4.78 is 22.9. The van der Waals surface area contributed by atoms with E-state index in [-0.39, 0.29) is 34.4 Å². The Kier molecular flexibility index (Phi) is 7.22. The lowest BCUT2D eigenvalue weighted by molar-refractivity contribution is -0.127. The van der Waals surface area contributed by atoms with Gasteiger partial charge in [-0.3, -0.25) is 4.79 Å². The van der Waals surface area contributed by atoms with Crippen LogP contribution in [-0.2, 0) is 11.3 Å². The van der Waals surface area contributed by atoms with Crippen molar-refractivity contribution in [1.29, 1.82) is 0 Å². The summed E-state index contributed by atoms with van der Waals surface area (Å²) in [6, 6.07) is 13.5. The summed E-state index contributed by atoms with van der Waals surface area (Å²) in [4.78, 5) is 27.1. The number of benzene rings is 2. The van der Waals surface area contributed by atoms with Crippen molar-refractivity contribution in [2.24, 2.45) is 5.41 Å². The number of nitrogens with zero attached hydrogens (tertiary/aromatic N) is 6. The molecule has 10 heteroatoms. The van der Waals surface area contributed by atoms with E-state index in [0.717, 1.165) is 12.8 Å². The Morgan fingerprint density at radius 3 is 2.67 bits per heavy atom. The first-order valence-electron chi connectivity index (χ1n) is 13.1. The van der Waals surface area contributed by atoms with Crippen LogP contribution in [0.5, 0.6) is 11.5 Å². The number of allylic oxidation sites excluding steroid dienone is 1. The molecule has 2 N–H and O–H groups in total. The van der Waals surface area contributed by atoms with Gasteiger partial charge in [0.25, 0.3) is 5.91 Å². The second-order valence-electron chi connectivity index (χ2n) is 10.8. The van der Waals surface area contributed by atoms with E-state index in [2.05, 4.69) is 14.8 Å². The number of para-hydroxylation sites is 1. The SMILES string of the molecule is [C-]#[N+]C(=CC(C)(C)C)C(=O)N1CCCC1Cn1nc(-c2ccc(Oc3ccccc3)cc2F)c2c(N)ncnc21. The smallest absolute Gasteiger partial charge is 0.252 e. The number of anilines is 1. The number of amides is 1. The van der Waals surface area contributed by atoms with Crippen molar-refractivity contribution < 1.29 is 13.9 Å². The van der Waals surface area contributed by atoms with E-state index in [0.29, 0.717) is 41.3 Å². The van der Waals surface area contributed by atoms with Gasteiger partial charge in [0, 0.05) is 18.2 Å². The lowest BCUT2D eigenvalue weighted by Crippen LogP contribution is -2.39. The number of hydrogen-bond acceptors (Lipinski definition) is 6. The van der Waals surface area contributed by atoms with Crippen molar-refractivity contribution in [3.05, 3.63) is 83.9 Å². The standard InChI is InChI=1S/C30H30FN7O2/c1-30(2,3)16-24(33-4)29(39)37-14-8-9-19(37)17-38-28-25(27(32)34-18-35-28)26(36-38)22-13-12-21(15-23(22)31)40-20-10-6-5-7-11-20/h5-7,10-13,15-16,18-19H,8-9,14,17H2,1-3H3,(H2,32,34,35). The molecule has 1 amide bonds. The van der Waals surface area contributed by atoms with Crippen LogP contribution in [0.2, 0.25) is 0 Å². The first kappa shape index (κ1) is 26.8. The molecule has 2 aromatic heterocycles. The Hall–Kier alpha value is -4.78. The number of nitrogens with two attached hydrogens (primary N) is 1. The number of likely N-dealkylation sites (tertiary alicyclic amines) is 1. The molecular formula is C30H30FN7O2. The van der Waals surface area contributed by atoms with Gasteiger partial charge in [-0.05, 0) is 42.5 Å². The molecule has 40 heavy (non-hydrogen) atoms. The molecule has 0 aliphatic carbocycles. The van der Waals surface area contributed by atoms with Crippen molar-refractivity contribution in [3.63, 3.8) is 0 Å². The third kappa shape index (κ3) is 5.50. The highest BCUT2D eigenvalue weighted by molar-refractivity contribution is 5.98. The molecule has 1 atom stereocenters. The van der Waals surface area contributed by atoms with E-state index in [1.807, 2.05) is 39.0 Å². The van der Waals surface area contributed by atoms with Crippen LogP contribution in [0.1, 0.15) is 33.6 Å². The summed E-state index contributed by atoms with van der Waals surface area (Å²) in [5, 5.41) is 5.15. The molecule has 5 rings (SSSR count). The molecule has 204 valence electrons. The number of nitrogen functional groups attached to an aromatic ring is 1. The molecule has 0 saturated carbocycles. The minimum absolute atomic E-state index is 0.108. The summed E-state index contributed by atoms with van der Waals surface area (Å²) in [5.74, 6) is 0.294. The second kappa shape index (κ2) is 10.8. The van der Waals surface area contributed by atoms with Gasteiger partial charge in [-0.25, -0.2) is 23.9 Å². The molecule has 3 heterocycles. The zero-order chi connectivity index (χ0) is 28.4. The Labute approximate surface area is 231 Å². The van der Waals surface area contributed by atoms with Crippen LogP contribution in [0.4, 0.5) is 10.2 Å². The highest BCUT2D eigenvalue weighted by atomic mass is 19.1. The number of rotatable bonds is 6. The molecular weight excluding hydrogens is 509 g/mol. The average Bonchev–Trinajstić information content (AvgIpc) is 3.53. The van der Waals surface area contributed by atoms with Crippen LogP contribution >= 0.6 is 0 Å². The molecule has 1 fully saturated rings. The van der Waals surface area contributed by atoms with Crippen LogP contribution in [-0.4, -0.2) is 43.1 Å². The van der Waals surface area contributed by atoms with Gasteiger partial charge in [-0.15, -0.1) is 0 Å². The summed E-state index contributed by atoms with van der Waals surface area (Å²) in [5.41, 5.74) is 7.02. The van der Waals surface area contributed by atoms with Gasteiger partial charge in [0.05, 0.1) is 24.5 Å². The number of carbonyl (C=O) groups is 1. The van der Waals surface area contributed by atoms with Gasteiger partial charge in [-0.1, -0.05) is 45.0 Å². The fraction of sp³-hybridized carbons (Fsp3) is 0.300. The minimum Gasteiger partial charge on any atom is -0.457 e. The predicted octanol–water partition coefficient (Wildman–Crippen LogP) is 5.85. The van der Waals surface area contributed by atoms with Gasteiger partial charge < -0.3 is 15.4 Å². The quantitative estimate of drug-likeness (QED) is 0.244. The number of hydrogen-bond donors (Lipinski definition) is 1. The Morgan fingerprint density at radius 2 is 1.98 bits per heavy atom. The van der Waals surface area contributed by atoms with Crippen molar-refractivity contribution in [2.75, 3.05) is 12.3 Å². The topological polar surface area (TPSA) is 104 Å². The van der Waals surface area contributed by atoms with E-state index in [1.165, 1.54) is 12.4 Å². The fourth-order valence-corrected chi connectivity index (χ4v) is 4.91. The third-order valence-corrected chi connectivity index (χ3v) is 6.66. The van der Waals surface area contributed by atoms with Crippen LogP contribution in [0.25, 0.3) is 27.1 Å². The molecule has 2 aromatic carbocycles. The molecule has 9 nitrogen and oxygen atoms in total. The summed E-state index contributed by atoms with van der Waals surface area (Å²) >= 11 is 0. The van der Waals surface area contributed by atoms with Crippen molar-refractivity contribution in [2.45, 2.75) is 46.2 Å². The number of carbonyl (C=O) groups excluding carboxylic acids is 1. The largest absolute Gasteiger partial charge is 0.457 e. The first-order valence-corrected chi connectivity index (χ1v) is 13.1. The molecule has 0 bridgehead atoms. The fourth-order valence-electron chi connectivity index (χ4n) is 4.91. The summed E-state index contributed by atoms with van der Waals surface area (Å²) in [7, 11) is 0. The van der Waals surface area contributed by atoms with Gasteiger partial charge in [0.2, 0.25) is 5.70 Å². The minimum atomic E-state index is -0.532. The Balaban J connectivity index is 1.48. The van der Waals surface area contributed by atoms with Gasteiger partial charge in [0.1, 0.15) is 35.2 Å². The van der Waals surface area contributed by atoms with E-state index in [9.17, 15) is 4.79 Å². The lowest BCUT2D eigenvalue weighted by atomic mass is 9.95. The molecule has 0 spiro atoms. The normalized spacial score (nSPS) is 15.8. The van der Waals surface area contributed by atoms with Gasteiger partial charge in [0.15, 0.2) is 5.65 Å². The molecule has 1 aliphatic heterocycles. The van der Waals surface area contributed by atoms with Crippen molar-refractivity contribution >= 4 is 22.8 Å². The van der Waals surface area contributed by atoms with Gasteiger partial charge in [-0.2, -0.15) is 5.10 Å². The first-order chi connectivity index (χ1) is 19.1. The number of fused-ring (bicyclic) bond motifs is 1. The average molecular weight is 540 g/mol. The van der Waals surface area contributed by atoms with E-state index < -0.39 is 5.82 Å². The van der Waals surface area contributed by atoms with Crippen LogP contribution < -0.4 is 10.5 Å². The molecule has 1 saturated heterocycles. The number of ether oxygens (including phenoxy) is 1. The Morgan fingerprint density at radius 1 is 1.20 bits per heavy atom. The molecule has 1 unspecified atom stereocenters. The third-order valence-electron chi connectivity index (χ3n) is 6.66. The maximum Gasteiger partial charge on any atom is 0.252 e. The molecule has 4 aromatic rings. The maximum absolute atomic E-state index is 15.4. The van der Waals surface area contributed by atoms with Crippen LogP contribution in [0.15, 0.2) is 66.6 Å². The van der Waals surface area contributed by atoms with Crippen molar-refractivity contribution in [1.82, 2.24) is 24.6 Å². The molecule has 1 aliphatic rings. The highest BCUT2D eigenvalue weighted by Crippen LogP contribution is 2.35. The number of halogens is 1. The predicted molar refractivity (Wildman–Crippen MR) is 151 cm³/mol.